The second-order valence-electron chi connectivity index (χ2n) is 11.4. The number of amides is 2. The fourth-order valence-electron chi connectivity index (χ4n) is 5.95. The molecule has 4 rings (SSSR count). The lowest BCUT2D eigenvalue weighted by Gasteiger charge is -2.35. The lowest BCUT2D eigenvalue weighted by atomic mass is 9.94. The average Bonchev–Trinajstić information content (AvgIpc) is 3.45. The maximum atomic E-state index is 12.8. The molecule has 9 nitrogen and oxygen atoms in total. The third-order valence-corrected chi connectivity index (χ3v) is 8.20. The second-order valence-corrected chi connectivity index (χ2v) is 11.4. The van der Waals surface area contributed by atoms with E-state index in [9.17, 15) is 9.59 Å². The summed E-state index contributed by atoms with van der Waals surface area (Å²) in [5.41, 5.74) is 1.44. The Morgan fingerprint density at radius 2 is 1.70 bits per heavy atom. The van der Waals surface area contributed by atoms with Gasteiger partial charge in [-0.15, -0.1) is 0 Å². The molecule has 224 valence electrons. The van der Waals surface area contributed by atoms with E-state index in [1.807, 2.05) is 6.92 Å². The maximum absolute atomic E-state index is 12.8. The van der Waals surface area contributed by atoms with Crippen molar-refractivity contribution >= 4 is 17.7 Å². The Balaban J connectivity index is 1.30. The minimum absolute atomic E-state index is 0.188. The maximum Gasteiger partial charge on any atom is 0.319 e. The molecule has 9 heteroatoms. The topological polar surface area (TPSA) is 104 Å². The zero-order valence-electron chi connectivity index (χ0n) is 24.5. The molecule has 0 bridgehead atoms. The Kier molecular flexibility index (Phi) is 11.6. The third kappa shape index (κ3) is 8.41. The van der Waals surface area contributed by atoms with Crippen LogP contribution < -0.4 is 10.6 Å². The minimum Gasteiger partial charge on any atom is -0.469 e. The van der Waals surface area contributed by atoms with Gasteiger partial charge in [0.1, 0.15) is 18.3 Å². The Hall–Kier alpha value is -2.20. The summed E-state index contributed by atoms with van der Waals surface area (Å²) >= 11 is 0. The third-order valence-electron chi connectivity index (χ3n) is 8.20. The Bertz CT molecular complexity index is 934. The van der Waals surface area contributed by atoms with E-state index in [4.69, 9.17) is 23.7 Å². The van der Waals surface area contributed by atoms with Crippen LogP contribution in [0.25, 0.3) is 0 Å². The molecule has 1 aromatic rings. The highest BCUT2D eigenvalue weighted by Crippen LogP contribution is 2.46. The molecule has 2 saturated heterocycles. The minimum atomic E-state index is -0.562. The largest absolute Gasteiger partial charge is 0.469 e. The van der Waals surface area contributed by atoms with E-state index in [1.54, 1.807) is 24.3 Å². The molecule has 3 aliphatic rings. The number of carbonyl (C=O) groups excluding carboxylic acids is 2. The number of fused-ring (bicyclic) bond motifs is 1. The predicted molar refractivity (Wildman–Crippen MR) is 152 cm³/mol. The SMILES string of the molecule is CCCCCCCCCO[C@@H]1[C@H]2OC3(CCCCC3)O[C@H]2O[C@@H]1[C@H](C)NC(=O)Nc1ccc(CC(=O)OC)cc1. The van der Waals surface area contributed by atoms with Crippen LogP contribution in [0.2, 0.25) is 0 Å². The average molecular weight is 561 g/mol. The smallest absolute Gasteiger partial charge is 0.319 e. The highest BCUT2D eigenvalue weighted by Gasteiger charge is 2.59. The van der Waals surface area contributed by atoms with Crippen LogP contribution in [0.15, 0.2) is 24.3 Å². The van der Waals surface area contributed by atoms with Crippen LogP contribution in [-0.4, -0.2) is 62.1 Å². The van der Waals surface area contributed by atoms with Gasteiger partial charge >= 0.3 is 12.0 Å². The van der Waals surface area contributed by atoms with Crippen molar-refractivity contribution in [3.05, 3.63) is 29.8 Å². The molecule has 1 saturated carbocycles. The number of urea groups is 1. The van der Waals surface area contributed by atoms with Crippen molar-refractivity contribution in [3.8, 4) is 0 Å². The summed E-state index contributed by atoms with van der Waals surface area (Å²) in [5.74, 6) is -0.868. The zero-order valence-corrected chi connectivity index (χ0v) is 24.5. The van der Waals surface area contributed by atoms with Gasteiger partial charge in [0.15, 0.2) is 12.1 Å². The van der Waals surface area contributed by atoms with Gasteiger partial charge in [-0.1, -0.05) is 64.0 Å². The van der Waals surface area contributed by atoms with Crippen molar-refractivity contribution in [2.24, 2.45) is 0 Å². The normalized spacial score (nSPS) is 25.9. The van der Waals surface area contributed by atoms with Crippen LogP contribution >= 0.6 is 0 Å². The van der Waals surface area contributed by atoms with Gasteiger partial charge in [0.05, 0.1) is 19.6 Å². The lowest BCUT2D eigenvalue weighted by Crippen LogP contribution is -2.50. The molecule has 1 spiro atoms. The number of unbranched alkanes of at least 4 members (excludes halogenated alkanes) is 6. The first-order chi connectivity index (χ1) is 19.4. The van der Waals surface area contributed by atoms with Crippen molar-refractivity contribution in [1.29, 1.82) is 0 Å². The first kappa shape index (κ1) is 30.8. The lowest BCUT2D eigenvalue weighted by molar-refractivity contribution is -0.250. The van der Waals surface area contributed by atoms with E-state index < -0.39 is 18.2 Å². The van der Waals surface area contributed by atoms with Crippen molar-refractivity contribution in [3.63, 3.8) is 0 Å². The number of ether oxygens (including phenoxy) is 5. The Labute approximate surface area is 239 Å². The number of anilines is 1. The van der Waals surface area contributed by atoms with Gasteiger partial charge in [0, 0.05) is 25.1 Å². The van der Waals surface area contributed by atoms with Gasteiger partial charge in [-0.25, -0.2) is 4.79 Å². The molecule has 3 fully saturated rings. The monoisotopic (exact) mass is 560 g/mol. The number of methoxy groups -OCH3 is 1. The van der Waals surface area contributed by atoms with Crippen molar-refractivity contribution in [2.75, 3.05) is 19.0 Å². The van der Waals surface area contributed by atoms with Gasteiger partial charge in [0.25, 0.3) is 0 Å². The highest BCUT2D eigenvalue weighted by molar-refractivity contribution is 5.89. The van der Waals surface area contributed by atoms with Crippen LogP contribution in [0.1, 0.15) is 96.5 Å². The molecule has 1 aromatic carbocycles. The fraction of sp³-hybridized carbons (Fsp3) is 0.742. The summed E-state index contributed by atoms with van der Waals surface area (Å²) in [6, 6.07) is 6.43. The van der Waals surface area contributed by atoms with Crippen molar-refractivity contribution in [1.82, 2.24) is 5.32 Å². The number of nitrogens with one attached hydrogen (secondary N) is 2. The molecule has 2 amide bonds. The molecule has 2 aliphatic heterocycles. The number of hydrogen-bond donors (Lipinski definition) is 2. The Morgan fingerprint density at radius 1 is 1.00 bits per heavy atom. The summed E-state index contributed by atoms with van der Waals surface area (Å²) < 4.78 is 30.4. The number of hydrogen-bond acceptors (Lipinski definition) is 7. The van der Waals surface area contributed by atoms with Gasteiger partial charge in [-0.2, -0.15) is 0 Å². The van der Waals surface area contributed by atoms with Gasteiger partial charge in [0.2, 0.25) is 0 Å². The number of rotatable bonds is 14. The molecule has 5 atom stereocenters. The molecule has 0 aromatic heterocycles. The van der Waals surface area contributed by atoms with E-state index in [0.29, 0.717) is 12.3 Å². The predicted octanol–water partition coefficient (Wildman–Crippen LogP) is 5.85. The summed E-state index contributed by atoms with van der Waals surface area (Å²) in [6.45, 7) is 4.79. The number of esters is 1. The summed E-state index contributed by atoms with van der Waals surface area (Å²) in [5, 5.41) is 5.86. The van der Waals surface area contributed by atoms with Gasteiger partial charge < -0.3 is 34.3 Å². The highest BCUT2D eigenvalue weighted by atomic mass is 16.8. The molecule has 1 aliphatic carbocycles. The molecule has 0 radical (unpaired) electrons. The van der Waals surface area contributed by atoms with Crippen LogP contribution in [-0.2, 0) is 34.9 Å². The van der Waals surface area contributed by atoms with E-state index in [2.05, 4.69) is 17.6 Å². The summed E-state index contributed by atoms with van der Waals surface area (Å²) in [4.78, 5) is 24.3. The molecule has 40 heavy (non-hydrogen) atoms. The first-order valence-corrected chi connectivity index (χ1v) is 15.3. The Morgan fingerprint density at radius 3 is 2.40 bits per heavy atom. The van der Waals surface area contributed by atoms with E-state index in [-0.39, 0.29) is 36.7 Å². The van der Waals surface area contributed by atoms with Crippen molar-refractivity contribution < 1.29 is 33.3 Å². The van der Waals surface area contributed by atoms with Crippen LogP contribution in [0.5, 0.6) is 0 Å². The summed E-state index contributed by atoms with van der Waals surface area (Å²) in [7, 11) is 1.36. The van der Waals surface area contributed by atoms with E-state index in [0.717, 1.165) is 44.1 Å². The van der Waals surface area contributed by atoms with E-state index in [1.165, 1.54) is 45.6 Å². The first-order valence-electron chi connectivity index (χ1n) is 15.3. The van der Waals surface area contributed by atoms with Gasteiger partial charge in [-0.05, 0) is 43.9 Å². The molecular weight excluding hydrogens is 512 g/mol. The van der Waals surface area contributed by atoms with E-state index >= 15 is 0 Å². The zero-order chi connectivity index (χ0) is 28.4. The fourth-order valence-corrected chi connectivity index (χ4v) is 5.95. The molecule has 0 unspecified atom stereocenters. The summed E-state index contributed by atoms with van der Waals surface area (Å²) in [6.07, 6.45) is 12.3. The van der Waals surface area contributed by atoms with Crippen LogP contribution in [0.4, 0.5) is 10.5 Å². The standard InChI is InChI=1S/C31H48N2O7/c1-4-5-6-7-8-9-13-20-37-27-26(38-29-28(27)39-31(40-29)18-11-10-12-19-31)22(2)32-30(35)33-24-16-14-23(15-17-24)21-25(34)36-3/h14-17,22,26-29H,4-13,18-21H2,1-3H3,(H2,32,33,35)/t22-,26+,27-,28+,29+/m0/s1. The van der Waals surface area contributed by atoms with Crippen LogP contribution in [0, 0.1) is 0 Å². The number of carbonyl (C=O) groups is 2. The second kappa shape index (κ2) is 15.1. The van der Waals surface area contributed by atoms with Crippen LogP contribution in [0.3, 0.4) is 0 Å². The molecular formula is C31H48N2O7. The van der Waals surface area contributed by atoms with Gasteiger partial charge in [-0.3, -0.25) is 4.79 Å². The molecule has 2 N–H and O–H groups in total. The molecule has 2 heterocycles. The number of benzene rings is 1. The quantitative estimate of drug-likeness (QED) is 0.217. The van der Waals surface area contributed by atoms with Crippen molar-refractivity contribution in [2.45, 2.75) is 134 Å².